The van der Waals surface area contributed by atoms with Gasteiger partial charge in [-0.3, -0.25) is 9.98 Å². The molecule has 2 N–H and O–H groups in total. The zero-order valence-corrected chi connectivity index (χ0v) is 14.0. The number of rotatable bonds is 5. The van der Waals surface area contributed by atoms with E-state index in [4.69, 9.17) is 4.99 Å². The molecule has 0 spiro atoms. The highest BCUT2D eigenvalue weighted by Gasteiger charge is 2.35. The van der Waals surface area contributed by atoms with Crippen LogP contribution >= 0.6 is 0 Å². The molecule has 1 saturated heterocycles. The molecule has 0 aromatic carbocycles. The fourth-order valence-corrected chi connectivity index (χ4v) is 3.74. The van der Waals surface area contributed by atoms with E-state index in [1.807, 2.05) is 0 Å². The van der Waals surface area contributed by atoms with Gasteiger partial charge in [0.1, 0.15) is 5.82 Å². The van der Waals surface area contributed by atoms with Crippen molar-refractivity contribution in [3.05, 3.63) is 18.6 Å². The van der Waals surface area contributed by atoms with E-state index in [9.17, 15) is 0 Å². The quantitative estimate of drug-likeness (QED) is 0.494. The smallest absolute Gasteiger partial charge is 0.193 e. The molecule has 2 aliphatic rings. The van der Waals surface area contributed by atoms with Crippen LogP contribution in [0.25, 0.3) is 0 Å². The van der Waals surface area contributed by atoms with E-state index in [0.29, 0.717) is 0 Å². The largest absolute Gasteiger partial charge is 0.367 e. The van der Waals surface area contributed by atoms with Gasteiger partial charge in [-0.25, -0.2) is 4.98 Å². The molecule has 3 rings (SSSR count). The zero-order chi connectivity index (χ0) is 15.9. The Bertz CT molecular complexity index is 489. The van der Waals surface area contributed by atoms with Gasteiger partial charge in [-0.05, 0) is 31.6 Å². The van der Waals surface area contributed by atoms with Gasteiger partial charge in [0.05, 0.1) is 12.7 Å². The molecule has 2 atom stereocenters. The second-order valence-electron chi connectivity index (χ2n) is 6.46. The highest BCUT2D eigenvalue weighted by Crippen LogP contribution is 2.35. The van der Waals surface area contributed by atoms with Gasteiger partial charge in [0.15, 0.2) is 5.96 Å². The number of guanidine groups is 1. The molecule has 1 aromatic rings. The molecular weight excluding hydrogens is 288 g/mol. The standard InChI is InChI=1S/C17H28N6/c1-2-19-17(22-10-9-21-16-11-18-7-8-20-16)23-12-14-5-3-4-6-15(14)13-23/h7-8,11,14-15H,2-6,9-10,12-13H2,1H3,(H,19,22)(H,20,21). The number of hydrogen-bond acceptors (Lipinski definition) is 4. The number of anilines is 1. The Morgan fingerprint density at radius 3 is 2.70 bits per heavy atom. The lowest BCUT2D eigenvalue weighted by Gasteiger charge is -2.22. The fourth-order valence-electron chi connectivity index (χ4n) is 3.74. The molecule has 1 aliphatic heterocycles. The Labute approximate surface area is 138 Å². The first-order valence-corrected chi connectivity index (χ1v) is 8.90. The van der Waals surface area contributed by atoms with Crippen LogP contribution in [0.3, 0.4) is 0 Å². The van der Waals surface area contributed by atoms with E-state index >= 15 is 0 Å². The summed E-state index contributed by atoms with van der Waals surface area (Å²) < 4.78 is 0. The number of fused-ring (bicyclic) bond motifs is 1. The molecule has 2 heterocycles. The lowest BCUT2D eigenvalue weighted by Crippen LogP contribution is -2.40. The highest BCUT2D eigenvalue weighted by atomic mass is 15.3. The topological polar surface area (TPSA) is 65.4 Å². The van der Waals surface area contributed by atoms with E-state index in [1.54, 1.807) is 18.6 Å². The van der Waals surface area contributed by atoms with Crippen LogP contribution < -0.4 is 10.6 Å². The normalized spacial score (nSPS) is 24.4. The zero-order valence-electron chi connectivity index (χ0n) is 14.0. The minimum absolute atomic E-state index is 0.741. The number of aromatic nitrogens is 2. The fraction of sp³-hybridized carbons (Fsp3) is 0.706. The minimum Gasteiger partial charge on any atom is -0.367 e. The molecule has 6 heteroatoms. The van der Waals surface area contributed by atoms with Gasteiger partial charge in [0.2, 0.25) is 0 Å². The Kier molecular flexibility index (Phi) is 5.66. The van der Waals surface area contributed by atoms with Crippen LogP contribution in [-0.2, 0) is 0 Å². The van der Waals surface area contributed by atoms with Crippen molar-refractivity contribution >= 4 is 11.8 Å². The van der Waals surface area contributed by atoms with Gasteiger partial charge >= 0.3 is 0 Å². The van der Waals surface area contributed by atoms with E-state index in [1.165, 1.54) is 38.8 Å². The molecule has 1 saturated carbocycles. The van der Waals surface area contributed by atoms with Crippen molar-refractivity contribution in [3.63, 3.8) is 0 Å². The van der Waals surface area contributed by atoms with Crippen LogP contribution in [0.5, 0.6) is 0 Å². The lowest BCUT2D eigenvalue weighted by atomic mass is 9.82. The minimum atomic E-state index is 0.741. The summed E-state index contributed by atoms with van der Waals surface area (Å²) in [5.74, 6) is 3.64. The Balaban J connectivity index is 1.51. The molecule has 2 unspecified atom stereocenters. The molecule has 0 amide bonds. The number of nitrogens with one attached hydrogen (secondary N) is 2. The van der Waals surface area contributed by atoms with Crippen LogP contribution in [0.15, 0.2) is 23.6 Å². The molecule has 6 nitrogen and oxygen atoms in total. The maximum Gasteiger partial charge on any atom is 0.193 e. The van der Waals surface area contributed by atoms with Crippen LogP contribution in [0.2, 0.25) is 0 Å². The predicted octanol–water partition coefficient (Wildman–Crippen LogP) is 1.98. The number of likely N-dealkylation sites (tertiary alicyclic amines) is 1. The third-order valence-corrected chi connectivity index (χ3v) is 4.85. The average molecular weight is 316 g/mol. The molecule has 1 aromatic heterocycles. The van der Waals surface area contributed by atoms with Crippen molar-refractivity contribution < 1.29 is 0 Å². The van der Waals surface area contributed by atoms with Crippen molar-refractivity contribution in [3.8, 4) is 0 Å². The highest BCUT2D eigenvalue weighted by molar-refractivity contribution is 5.80. The number of aliphatic imine (C=N–C) groups is 1. The third-order valence-electron chi connectivity index (χ3n) is 4.85. The summed E-state index contributed by atoms with van der Waals surface area (Å²) in [7, 11) is 0. The first-order valence-electron chi connectivity index (χ1n) is 8.90. The lowest BCUT2D eigenvalue weighted by molar-refractivity contribution is 0.299. The Hall–Kier alpha value is -1.85. The second kappa shape index (κ2) is 8.13. The van der Waals surface area contributed by atoms with Crippen LogP contribution in [0.1, 0.15) is 32.6 Å². The summed E-state index contributed by atoms with van der Waals surface area (Å²) in [4.78, 5) is 15.5. The molecular formula is C17H28N6. The SMILES string of the molecule is CCNC(=NCCNc1cnccn1)N1CC2CCCCC2C1. The summed E-state index contributed by atoms with van der Waals surface area (Å²) in [6, 6.07) is 0. The van der Waals surface area contributed by atoms with Gasteiger partial charge in [-0.2, -0.15) is 0 Å². The van der Waals surface area contributed by atoms with Crippen molar-refractivity contribution in [1.82, 2.24) is 20.2 Å². The average Bonchev–Trinajstić information content (AvgIpc) is 3.02. The van der Waals surface area contributed by atoms with E-state index < -0.39 is 0 Å². The monoisotopic (exact) mass is 316 g/mol. The molecule has 0 bridgehead atoms. The van der Waals surface area contributed by atoms with Crippen molar-refractivity contribution in [2.24, 2.45) is 16.8 Å². The number of hydrogen-bond donors (Lipinski definition) is 2. The maximum atomic E-state index is 4.79. The molecule has 2 fully saturated rings. The maximum absolute atomic E-state index is 4.79. The Morgan fingerprint density at radius 2 is 2.04 bits per heavy atom. The van der Waals surface area contributed by atoms with E-state index in [-0.39, 0.29) is 0 Å². The summed E-state index contributed by atoms with van der Waals surface area (Å²) in [6.45, 7) is 6.92. The van der Waals surface area contributed by atoms with Gasteiger partial charge in [-0.15, -0.1) is 0 Å². The van der Waals surface area contributed by atoms with Crippen molar-refractivity contribution in [1.29, 1.82) is 0 Å². The van der Waals surface area contributed by atoms with E-state index in [0.717, 1.165) is 43.2 Å². The van der Waals surface area contributed by atoms with Crippen LogP contribution in [-0.4, -0.2) is 53.6 Å². The predicted molar refractivity (Wildman–Crippen MR) is 93.5 cm³/mol. The number of nitrogens with zero attached hydrogens (tertiary/aromatic N) is 4. The van der Waals surface area contributed by atoms with Crippen molar-refractivity contribution in [2.75, 3.05) is 38.0 Å². The van der Waals surface area contributed by atoms with Gasteiger partial charge < -0.3 is 15.5 Å². The molecule has 23 heavy (non-hydrogen) atoms. The summed E-state index contributed by atoms with van der Waals surface area (Å²) >= 11 is 0. The molecule has 0 radical (unpaired) electrons. The van der Waals surface area contributed by atoms with Crippen LogP contribution in [0, 0.1) is 11.8 Å². The first-order chi connectivity index (χ1) is 11.4. The van der Waals surface area contributed by atoms with Gasteiger partial charge in [-0.1, -0.05) is 12.8 Å². The van der Waals surface area contributed by atoms with Crippen molar-refractivity contribution in [2.45, 2.75) is 32.6 Å². The van der Waals surface area contributed by atoms with Gasteiger partial charge in [0.25, 0.3) is 0 Å². The third kappa shape index (κ3) is 4.33. The summed E-state index contributed by atoms with van der Waals surface area (Å²) in [6.07, 6.45) is 10.7. The second-order valence-corrected chi connectivity index (χ2v) is 6.46. The van der Waals surface area contributed by atoms with E-state index in [2.05, 4.69) is 32.4 Å². The summed E-state index contributed by atoms with van der Waals surface area (Å²) in [5, 5.41) is 6.71. The van der Waals surface area contributed by atoms with Crippen LogP contribution in [0.4, 0.5) is 5.82 Å². The van der Waals surface area contributed by atoms with Gasteiger partial charge in [0, 0.05) is 38.6 Å². The Morgan fingerprint density at radius 1 is 1.26 bits per heavy atom. The first kappa shape index (κ1) is 16.0. The summed E-state index contributed by atoms with van der Waals surface area (Å²) in [5.41, 5.74) is 0. The molecule has 1 aliphatic carbocycles. The molecule has 126 valence electrons.